The quantitative estimate of drug-likeness (QED) is 0.472. The van der Waals surface area contributed by atoms with Gasteiger partial charge in [0.05, 0.1) is 18.5 Å². The summed E-state index contributed by atoms with van der Waals surface area (Å²) >= 11 is 1.29. The molecule has 0 bridgehead atoms. The van der Waals surface area contributed by atoms with Gasteiger partial charge in [-0.05, 0) is 26.2 Å². The first-order valence-electron chi connectivity index (χ1n) is 6.02. The third-order valence-electron chi connectivity index (χ3n) is 2.55. The van der Waals surface area contributed by atoms with E-state index in [2.05, 4.69) is 15.0 Å². The number of aliphatic hydroxyl groups is 1. The van der Waals surface area contributed by atoms with Crippen molar-refractivity contribution in [3.05, 3.63) is 18.0 Å². The minimum absolute atomic E-state index is 0.0529. The van der Waals surface area contributed by atoms with Crippen molar-refractivity contribution in [3.63, 3.8) is 0 Å². The third-order valence-corrected chi connectivity index (χ3v) is 3.30. The zero-order valence-corrected chi connectivity index (χ0v) is 12.7. The molecule has 1 heterocycles. The lowest BCUT2D eigenvalue weighted by Gasteiger charge is -2.20. The molecule has 1 atom stereocenters. The van der Waals surface area contributed by atoms with Crippen molar-refractivity contribution in [1.82, 2.24) is 4.98 Å². The summed E-state index contributed by atoms with van der Waals surface area (Å²) in [6, 6.07) is 3.46. The van der Waals surface area contributed by atoms with E-state index in [4.69, 9.17) is 5.26 Å². The van der Waals surface area contributed by atoms with E-state index in [9.17, 15) is 14.7 Å². The summed E-state index contributed by atoms with van der Waals surface area (Å²) in [5.41, 5.74) is -1.80. The average Bonchev–Trinajstić information content (AvgIpc) is 2.47. The molecular formula is C13H15N3O4S. The number of thioether (sulfide) groups is 1. The largest absolute Gasteiger partial charge is 0.463 e. The van der Waals surface area contributed by atoms with Gasteiger partial charge in [-0.15, -0.1) is 11.8 Å². The highest BCUT2D eigenvalue weighted by Crippen LogP contribution is 2.22. The number of nitrogens with one attached hydrogen (secondary N) is 1. The number of nitriles is 1. The minimum atomic E-state index is -2.30. The number of pyridine rings is 1. The fourth-order valence-electron chi connectivity index (χ4n) is 1.37. The van der Waals surface area contributed by atoms with Crippen LogP contribution < -0.4 is 5.32 Å². The highest BCUT2D eigenvalue weighted by molar-refractivity contribution is 7.98. The van der Waals surface area contributed by atoms with Crippen LogP contribution >= 0.6 is 11.8 Å². The van der Waals surface area contributed by atoms with Crippen LogP contribution in [0.15, 0.2) is 17.2 Å². The Labute approximate surface area is 126 Å². The molecule has 1 aromatic heterocycles. The molecule has 21 heavy (non-hydrogen) atoms. The molecule has 0 aliphatic carbocycles. The number of carbonyl (C=O) groups excluding carboxylic acids is 2. The number of carbonyl (C=O) groups is 2. The van der Waals surface area contributed by atoms with E-state index in [1.807, 2.05) is 6.07 Å². The van der Waals surface area contributed by atoms with Crippen molar-refractivity contribution in [2.75, 3.05) is 18.2 Å². The van der Waals surface area contributed by atoms with E-state index < -0.39 is 17.5 Å². The average molecular weight is 309 g/mol. The highest BCUT2D eigenvalue weighted by atomic mass is 32.2. The molecule has 0 radical (unpaired) electrons. The third kappa shape index (κ3) is 3.93. The molecule has 0 fully saturated rings. The Hall–Kier alpha value is -2.11. The first-order chi connectivity index (χ1) is 9.86. The number of ether oxygens (including phenoxy) is 1. The highest BCUT2D eigenvalue weighted by Gasteiger charge is 2.40. The Kier molecular flexibility index (Phi) is 5.69. The lowest BCUT2D eigenvalue weighted by Crippen LogP contribution is -2.48. The molecule has 0 aliphatic rings. The second-order valence-electron chi connectivity index (χ2n) is 4.13. The first kappa shape index (κ1) is 16.9. The van der Waals surface area contributed by atoms with Crippen LogP contribution in [0.1, 0.15) is 19.5 Å². The van der Waals surface area contributed by atoms with E-state index in [1.165, 1.54) is 24.0 Å². The molecule has 1 rings (SSSR count). The normalized spacial score (nSPS) is 12.9. The van der Waals surface area contributed by atoms with E-state index in [-0.39, 0.29) is 18.0 Å². The fourth-order valence-corrected chi connectivity index (χ4v) is 1.91. The van der Waals surface area contributed by atoms with E-state index >= 15 is 0 Å². The lowest BCUT2D eigenvalue weighted by atomic mass is 10.1. The zero-order valence-electron chi connectivity index (χ0n) is 11.8. The number of nitrogens with zero attached hydrogens (tertiary/aromatic N) is 2. The molecule has 0 saturated carbocycles. The van der Waals surface area contributed by atoms with Gasteiger partial charge in [0.15, 0.2) is 5.69 Å². The number of rotatable bonds is 5. The number of amides is 1. The molecule has 1 amide bonds. The predicted molar refractivity (Wildman–Crippen MR) is 76.6 cm³/mol. The van der Waals surface area contributed by atoms with Gasteiger partial charge >= 0.3 is 5.97 Å². The van der Waals surface area contributed by atoms with Crippen molar-refractivity contribution in [1.29, 1.82) is 5.26 Å². The van der Waals surface area contributed by atoms with Crippen LogP contribution in [-0.4, -0.2) is 40.4 Å². The first-order valence-corrected chi connectivity index (χ1v) is 7.24. The standard InChI is InChI=1S/C13H15N3O4S/c1-4-20-12(18)13(2,19)11(17)16-8-5-10(21-3)9(6-14)15-7-8/h5,7,19H,4H2,1-3H3,(H,16,17)/t13-/m0/s1. The number of hydrogen-bond acceptors (Lipinski definition) is 7. The summed E-state index contributed by atoms with van der Waals surface area (Å²) in [6.45, 7) is 2.67. The number of esters is 1. The van der Waals surface area contributed by atoms with Gasteiger partial charge in [-0.1, -0.05) is 0 Å². The summed E-state index contributed by atoms with van der Waals surface area (Å²) in [6.07, 6.45) is 3.04. The molecule has 2 N–H and O–H groups in total. The second kappa shape index (κ2) is 7.06. The van der Waals surface area contributed by atoms with E-state index in [0.29, 0.717) is 4.90 Å². The number of anilines is 1. The van der Waals surface area contributed by atoms with Crippen LogP contribution in [0.25, 0.3) is 0 Å². The van der Waals surface area contributed by atoms with Crippen molar-refractivity contribution >= 4 is 29.3 Å². The SMILES string of the molecule is CCOC(=O)[C@@](C)(O)C(=O)Nc1cnc(C#N)c(SC)c1. The zero-order chi connectivity index (χ0) is 16.0. The molecule has 0 unspecified atom stereocenters. The Balaban J connectivity index is 2.93. The topological polar surface area (TPSA) is 112 Å². The van der Waals surface area contributed by atoms with Crippen molar-refractivity contribution in [2.45, 2.75) is 24.3 Å². The van der Waals surface area contributed by atoms with Crippen molar-refractivity contribution < 1.29 is 19.4 Å². The van der Waals surface area contributed by atoms with Gasteiger partial charge in [0, 0.05) is 4.90 Å². The summed E-state index contributed by atoms with van der Waals surface area (Å²) in [7, 11) is 0. The summed E-state index contributed by atoms with van der Waals surface area (Å²) < 4.78 is 4.63. The lowest BCUT2D eigenvalue weighted by molar-refractivity contribution is -0.167. The van der Waals surface area contributed by atoms with Crippen LogP contribution in [0.2, 0.25) is 0 Å². The smallest absolute Gasteiger partial charge is 0.347 e. The molecule has 0 aliphatic heterocycles. The van der Waals surface area contributed by atoms with E-state index in [1.54, 1.807) is 13.2 Å². The Morgan fingerprint density at radius 1 is 1.62 bits per heavy atom. The van der Waals surface area contributed by atoms with Crippen LogP contribution in [0, 0.1) is 11.3 Å². The van der Waals surface area contributed by atoms with Gasteiger partial charge in [-0.25, -0.2) is 9.78 Å². The Morgan fingerprint density at radius 3 is 2.81 bits per heavy atom. The fraction of sp³-hybridized carbons (Fsp3) is 0.385. The second-order valence-corrected chi connectivity index (χ2v) is 4.98. The predicted octanol–water partition coefficient (Wildman–Crippen LogP) is 0.928. The van der Waals surface area contributed by atoms with Crippen LogP contribution in [0.3, 0.4) is 0 Å². The van der Waals surface area contributed by atoms with Gasteiger partial charge in [-0.2, -0.15) is 5.26 Å². The molecular weight excluding hydrogens is 294 g/mol. The number of aromatic nitrogens is 1. The van der Waals surface area contributed by atoms with Crippen LogP contribution in [-0.2, 0) is 14.3 Å². The Morgan fingerprint density at radius 2 is 2.29 bits per heavy atom. The minimum Gasteiger partial charge on any atom is -0.463 e. The van der Waals surface area contributed by atoms with Crippen LogP contribution in [0.5, 0.6) is 0 Å². The van der Waals surface area contributed by atoms with Gasteiger partial charge in [-0.3, -0.25) is 4.79 Å². The molecule has 0 aromatic carbocycles. The van der Waals surface area contributed by atoms with Crippen molar-refractivity contribution in [2.24, 2.45) is 0 Å². The maximum atomic E-state index is 11.9. The molecule has 0 spiro atoms. The Bertz CT molecular complexity index is 596. The monoisotopic (exact) mass is 309 g/mol. The summed E-state index contributed by atoms with van der Waals surface area (Å²) in [5, 5.41) is 21.1. The van der Waals surface area contributed by atoms with Gasteiger partial charge in [0.2, 0.25) is 5.60 Å². The maximum Gasteiger partial charge on any atom is 0.347 e. The number of hydrogen-bond donors (Lipinski definition) is 2. The molecule has 1 aromatic rings. The maximum absolute atomic E-state index is 11.9. The van der Waals surface area contributed by atoms with Gasteiger partial charge in [0.25, 0.3) is 5.91 Å². The van der Waals surface area contributed by atoms with E-state index in [0.717, 1.165) is 6.92 Å². The summed E-state index contributed by atoms with van der Waals surface area (Å²) in [4.78, 5) is 27.9. The molecule has 0 saturated heterocycles. The van der Waals surface area contributed by atoms with Crippen LogP contribution in [0.4, 0.5) is 5.69 Å². The molecule has 7 nitrogen and oxygen atoms in total. The summed E-state index contributed by atoms with van der Waals surface area (Å²) in [5.74, 6) is -1.96. The molecule has 8 heteroatoms. The van der Waals surface area contributed by atoms with Gasteiger partial charge in [0.1, 0.15) is 6.07 Å². The van der Waals surface area contributed by atoms with Crippen molar-refractivity contribution in [3.8, 4) is 6.07 Å². The van der Waals surface area contributed by atoms with Gasteiger partial charge < -0.3 is 15.2 Å². The molecule has 112 valence electrons.